The van der Waals surface area contributed by atoms with Crippen LogP contribution in [0.25, 0.3) is 10.2 Å². The molecule has 12 heteroatoms. The predicted molar refractivity (Wildman–Crippen MR) is 136 cm³/mol. The number of nitrogens with zero attached hydrogens (tertiary/aromatic N) is 4. The summed E-state index contributed by atoms with van der Waals surface area (Å²) in [5.74, 6) is -0.323. The zero-order valence-corrected chi connectivity index (χ0v) is 21.6. The first-order chi connectivity index (χ1) is 16.3. The third-order valence-corrected chi connectivity index (χ3v) is 10.5. The summed E-state index contributed by atoms with van der Waals surface area (Å²) in [6.45, 7) is 0.497. The molecule has 0 bridgehead atoms. The average molecular weight is 554 g/mol. The minimum absolute atomic E-state index is 0.129. The fraction of sp³-hybridized carbons (Fsp3) is 0.227. The molecule has 0 spiro atoms. The molecule has 4 aromatic rings. The van der Waals surface area contributed by atoms with E-state index >= 15 is 0 Å². The summed E-state index contributed by atoms with van der Waals surface area (Å²) in [6, 6.07) is 11.3. The van der Waals surface area contributed by atoms with Gasteiger partial charge in [-0.25, -0.2) is 13.4 Å². The Morgan fingerprint density at radius 1 is 1.12 bits per heavy atom. The molecule has 34 heavy (non-hydrogen) atoms. The van der Waals surface area contributed by atoms with Crippen molar-refractivity contribution in [2.45, 2.75) is 29.6 Å². The first-order valence-electron chi connectivity index (χ1n) is 10.4. The summed E-state index contributed by atoms with van der Waals surface area (Å²) < 4.78 is 29.3. The summed E-state index contributed by atoms with van der Waals surface area (Å²) in [7, 11) is -3.86. The van der Waals surface area contributed by atoms with Crippen LogP contribution in [0.3, 0.4) is 0 Å². The van der Waals surface area contributed by atoms with Crippen molar-refractivity contribution in [3.8, 4) is 0 Å². The van der Waals surface area contributed by atoms with Gasteiger partial charge >= 0.3 is 0 Å². The number of benzene rings is 1. The van der Waals surface area contributed by atoms with E-state index in [1.54, 1.807) is 29.4 Å². The van der Waals surface area contributed by atoms with Crippen molar-refractivity contribution in [3.05, 3.63) is 69.8 Å². The molecule has 1 saturated heterocycles. The summed E-state index contributed by atoms with van der Waals surface area (Å²) in [6.07, 6.45) is 4.32. The van der Waals surface area contributed by atoms with E-state index in [0.717, 1.165) is 21.6 Å². The maximum Gasteiger partial charge on any atom is 0.253 e. The van der Waals surface area contributed by atoms with Gasteiger partial charge in [0.25, 0.3) is 10.0 Å². The Morgan fingerprint density at radius 3 is 2.62 bits per heavy atom. The Hall–Kier alpha value is -2.08. The molecule has 176 valence electrons. The molecule has 0 radical (unpaired) electrons. The van der Waals surface area contributed by atoms with Gasteiger partial charge in [0, 0.05) is 18.9 Å². The third-order valence-electron chi connectivity index (χ3n) is 5.55. The monoisotopic (exact) mass is 552 g/mol. The molecule has 7 nitrogen and oxygen atoms in total. The van der Waals surface area contributed by atoms with Crippen LogP contribution in [0.5, 0.6) is 0 Å². The van der Waals surface area contributed by atoms with Gasteiger partial charge in [-0.05, 0) is 54.8 Å². The number of thiophene rings is 1. The lowest BCUT2D eigenvalue weighted by molar-refractivity contribution is -0.121. The number of para-hydroxylation sites is 1. The number of aromatic nitrogens is 2. The van der Waals surface area contributed by atoms with Crippen LogP contribution in [-0.4, -0.2) is 41.2 Å². The number of carbonyl (C=O) groups excluding carboxylic acids is 1. The van der Waals surface area contributed by atoms with Crippen LogP contribution in [0, 0.1) is 0 Å². The summed E-state index contributed by atoms with van der Waals surface area (Å²) >= 11 is 14.6. The molecule has 1 atom stereocenters. The number of halogens is 2. The fourth-order valence-corrected chi connectivity index (χ4v) is 8.47. The van der Waals surface area contributed by atoms with Crippen molar-refractivity contribution < 1.29 is 13.2 Å². The summed E-state index contributed by atoms with van der Waals surface area (Å²) in [5, 5.41) is 0.962. The predicted octanol–water partition coefficient (Wildman–Crippen LogP) is 5.45. The first-order valence-corrected chi connectivity index (χ1v) is 14.2. The topological polar surface area (TPSA) is 83.5 Å². The molecule has 5 rings (SSSR count). The van der Waals surface area contributed by atoms with E-state index in [1.807, 2.05) is 24.3 Å². The van der Waals surface area contributed by atoms with Gasteiger partial charge in [0.05, 0.1) is 20.6 Å². The second-order valence-electron chi connectivity index (χ2n) is 7.70. The van der Waals surface area contributed by atoms with Gasteiger partial charge in [-0.1, -0.05) is 40.6 Å². The Balaban J connectivity index is 1.53. The number of hydrogen-bond acceptors (Lipinski definition) is 7. The van der Waals surface area contributed by atoms with Crippen LogP contribution >= 0.6 is 45.9 Å². The zero-order valence-electron chi connectivity index (χ0n) is 17.6. The Kier molecular flexibility index (Phi) is 6.62. The van der Waals surface area contributed by atoms with Crippen LogP contribution in [0.2, 0.25) is 9.36 Å². The Bertz CT molecular complexity index is 1460. The molecule has 1 amide bonds. The van der Waals surface area contributed by atoms with Crippen LogP contribution in [0.15, 0.2) is 59.1 Å². The van der Waals surface area contributed by atoms with Crippen molar-refractivity contribution in [1.29, 1.82) is 0 Å². The summed E-state index contributed by atoms with van der Waals surface area (Å²) in [5.41, 5.74) is 1.46. The van der Waals surface area contributed by atoms with Crippen LogP contribution < -0.4 is 4.90 Å². The fourth-order valence-electron chi connectivity index (χ4n) is 3.94. The first kappa shape index (κ1) is 23.7. The molecule has 1 unspecified atom stereocenters. The third kappa shape index (κ3) is 4.46. The number of thiazole rings is 1. The highest BCUT2D eigenvalue weighted by molar-refractivity contribution is 7.91. The number of rotatable bonds is 6. The second-order valence-corrected chi connectivity index (χ2v) is 12.9. The highest BCUT2D eigenvalue weighted by Crippen LogP contribution is 2.36. The maximum atomic E-state index is 13.9. The maximum absolute atomic E-state index is 13.9. The minimum Gasteiger partial charge on any atom is -0.282 e. The zero-order chi connectivity index (χ0) is 23.9. The second kappa shape index (κ2) is 9.52. The lowest BCUT2D eigenvalue weighted by Crippen LogP contribution is -2.47. The van der Waals surface area contributed by atoms with Crippen molar-refractivity contribution >= 4 is 77.2 Å². The van der Waals surface area contributed by atoms with Crippen molar-refractivity contribution in [1.82, 2.24) is 14.3 Å². The average Bonchev–Trinajstić information content (AvgIpc) is 3.57. The standard InChI is InChI=1S/C22H18Cl2N4O3S3/c23-15-3-1-5-17-20(15)26-22(32-17)27(13-14-8-10-25-11-9-14)21(29)16-4-2-12-28(16)34(30,31)19-7-6-18(24)33-19/h1,3,5-11,16H,2,4,12-13H2. The van der Waals surface area contributed by atoms with Crippen LogP contribution in [-0.2, 0) is 21.4 Å². The number of pyridine rings is 1. The SMILES string of the molecule is O=C(C1CCCN1S(=O)(=O)c1ccc(Cl)s1)N(Cc1ccncc1)c1nc2c(Cl)cccc2s1. The van der Waals surface area contributed by atoms with Crippen molar-refractivity contribution in [2.24, 2.45) is 0 Å². The van der Waals surface area contributed by atoms with E-state index in [1.165, 1.54) is 21.7 Å². The number of amides is 1. The van der Waals surface area contributed by atoms with Gasteiger partial charge in [0.15, 0.2) is 5.13 Å². The molecule has 0 aliphatic carbocycles. The van der Waals surface area contributed by atoms with Crippen molar-refractivity contribution in [2.75, 3.05) is 11.4 Å². The molecular formula is C22H18Cl2N4O3S3. The van der Waals surface area contributed by atoms with E-state index in [-0.39, 0.29) is 23.2 Å². The van der Waals surface area contributed by atoms with Gasteiger partial charge in [-0.15, -0.1) is 11.3 Å². The molecule has 0 saturated carbocycles. The Labute approximate surface area is 214 Å². The molecule has 1 aliphatic heterocycles. The normalized spacial score (nSPS) is 16.8. The number of sulfonamides is 1. The van der Waals surface area contributed by atoms with Crippen LogP contribution in [0.1, 0.15) is 18.4 Å². The van der Waals surface area contributed by atoms with Crippen molar-refractivity contribution in [3.63, 3.8) is 0 Å². The van der Waals surface area contributed by atoms with Crippen LogP contribution in [0.4, 0.5) is 5.13 Å². The number of carbonyl (C=O) groups is 1. The van der Waals surface area contributed by atoms with Gasteiger partial charge < -0.3 is 0 Å². The molecule has 1 aliphatic rings. The lowest BCUT2D eigenvalue weighted by atomic mass is 10.2. The van der Waals surface area contributed by atoms with Gasteiger partial charge in [-0.2, -0.15) is 4.31 Å². The highest BCUT2D eigenvalue weighted by Gasteiger charge is 2.42. The van der Waals surface area contributed by atoms with Gasteiger partial charge in [0.1, 0.15) is 15.8 Å². The molecular weight excluding hydrogens is 535 g/mol. The molecule has 1 aromatic carbocycles. The molecule has 1 fully saturated rings. The molecule has 4 heterocycles. The van der Waals surface area contributed by atoms with E-state index in [4.69, 9.17) is 23.2 Å². The molecule has 3 aromatic heterocycles. The number of anilines is 1. The minimum atomic E-state index is -3.86. The largest absolute Gasteiger partial charge is 0.282 e. The summed E-state index contributed by atoms with van der Waals surface area (Å²) in [4.78, 5) is 24.2. The lowest BCUT2D eigenvalue weighted by Gasteiger charge is -2.28. The number of hydrogen-bond donors (Lipinski definition) is 0. The smallest absolute Gasteiger partial charge is 0.253 e. The number of fused-ring (bicyclic) bond motifs is 1. The van der Waals surface area contributed by atoms with E-state index < -0.39 is 16.1 Å². The quantitative estimate of drug-likeness (QED) is 0.317. The molecule has 0 N–H and O–H groups in total. The highest BCUT2D eigenvalue weighted by atomic mass is 35.5. The van der Waals surface area contributed by atoms with Gasteiger partial charge in [0.2, 0.25) is 5.91 Å². The Morgan fingerprint density at radius 2 is 1.91 bits per heavy atom. The van der Waals surface area contributed by atoms with E-state index in [2.05, 4.69) is 9.97 Å². The van der Waals surface area contributed by atoms with Gasteiger partial charge in [-0.3, -0.25) is 14.7 Å². The van der Waals surface area contributed by atoms with E-state index in [9.17, 15) is 13.2 Å². The van der Waals surface area contributed by atoms with E-state index in [0.29, 0.717) is 32.8 Å².